The van der Waals surface area contributed by atoms with Crippen LogP contribution >= 0.6 is 11.6 Å². The van der Waals surface area contributed by atoms with Crippen LogP contribution < -0.4 is 5.32 Å². The van der Waals surface area contributed by atoms with Crippen molar-refractivity contribution >= 4 is 23.5 Å². The van der Waals surface area contributed by atoms with E-state index in [0.29, 0.717) is 5.56 Å². The lowest BCUT2D eigenvalue weighted by molar-refractivity contribution is -0.139. The number of hydrogen-bond acceptors (Lipinski definition) is 3. The van der Waals surface area contributed by atoms with Gasteiger partial charge in [0.25, 0.3) is 5.91 Å². The van der Waals surface area contributed by atoms with Gasteiger partial charge in [0.05, 0.1) is 10.6 Å². The van der Waals surface area contributed by atoms with Crippen LogP contribution in [0.3, 0.4) is 0 Å². The Balaban J connectivity index is 2.24. The molecule has 2 rings (SSSR count). The zero-order valence-electron chi connectivity index (χ0n) is 10.3. The minimum atomic E-state index is -1.14. The number of rotatable bonds is 4. The van der Waals surface area contributed by atoms with E-state index in [2.05, 4.69) is 10.3 Å². The highest BCUT2D eigenvalue weighted by Crippen LogP contribution is 2.17. The molecule has 0 aliphatic carbocycles. The molecule has 0 bridgehead atoms. The maximum Gasteiger partial charge on any atom is 0.330 e. The molecule has 1 aromatic carbocycles. The van der Waals surface area contributed by atoms with Crippen molar-refractivity contribution in [2.75, 3.05) is 0 Å². The number of nitrogens with one attached hydrogen (secondary N) is 1. The Hall–Kier alpha value is -2.40. The van der Waals surface area contributed by atoms with Crippen LogP contribution in [0.2, 0.25) is 5.02 Å². The number of amides is 1. The average molecular weight is 291 g/mol. The number of aliphatic carboxylic acids is 1. The van der Waals surface area contributed by atoms with E-state index < -0.39 is 17.9 Å². The second-order valence-electron chi connectivity index (χ2n) is 4.01. The highest BCUT2D eigenvalue weighted by molar-refractivity contribution is 6.33. The van der Waals surface area contributed by atoms with Crippen LogP contribution in [-0.4, -0.2) is 22.0 Å². The summed E-state index contributed by atoms with van der Waals surface area (Å²) in [5.74, 6) is -1.71. The van der Waals surface area contributed by atoms with Gasteiger partial charge >= 0.3 is 5.97 Å². The zero-order chi connectivity index (χ0) is 14.5. The summed E-state index contributed by atoms with van der Waals surface area (Å²) in [5.41, 5.74) is 0.669. The lowest BCUT2D eigenvalue weighted by Gasteiger charge is -2.15. The fourth-order valence-corrected chi connectivity index (χ4v) is 1.91. The van der Waals surface area contributed by atoms with Gasteiger partial charge in [-0.15, -0.1) is 0 Å². The number of carbonyl (C=O) groups is 2. The second kappa shape index (κ2) is 6.16. The number of carboxylic acid groups (broad SMARTS) is 1. The molecule has 0 aliphatic rings. The normalized spacial score (nSPS) is 11.7. The van der Waals surface area contributed by atoms with Crippen molar-refractivity contribution in [1.29, 1.82) is 0 Å². The molecule has 1 amide bonds. The van der Waals surface area contributed by atoms with Gasteiger partial charge < -0.3 is 10.4 Å². The molecule has 1 heterocycles. The van der Waals surface area contributed by atoms with Crippen LogP contribution in [0.5, 0.6) is 0 Å². The number of halogens is 1. The first-order valence-electron chi connectivity index (χ1n) is 5.77. The number of carbonyl (C=O) groups excluding carboxylic acids is 1. The van der Waals surface area contributed by atoms with Gasteiger partial charge in [-0.3, -0.25) is 9.78 Å². The molecule has 0 radical (unpaired) electrons. The summed E-state index contributed by atoms with van der Waals surface area (Å²) in [4.78, 5) is 27.1. The van der Waals surface area contributed by atoms with E-state index in [1.54, 1.807) is 30.3 Å². The van der Waals surface area contributed by atoms with Gasteiger partial charge in [0.1, 0.15) is 0 Å². The van der Waals surface area contributed by atoms with Crippen molar-refractivity contribution in [3.05, 3.63) is 64.9 Å². The van der Waals surface area contributed by atoms with Crippen LogP contribution in [0.1, 0.15) is 22.0 Å². The molecule has 0 aliphatic heterocycles. The van der Waals surface area contributed by atoms with Crippen LogP contribution in [0.4, 0.5) is 0 Å². The third-order valence-corrected chi connectivity index (χ3v) is 2.97. The molecule has 102 valence electrons. The summed E-state index contributed by atoms with van der Waals surface area (Å²) in [6.07, 6.45) is 2.74. The third kappa shape index (κ3) is 3.13. The summed E-state index contributed by atoms with van der Waals surface area (Å²) in [6, 6.07) is 8.74. The van der Waals surface area contributed by atoms with Crippen molar-refractivity contribution in [3.63, 3.8) is 0 Å². The predicted molar refractivity (Wildman–Crippen MR) is 73.5 cm³/mol. The first-order chi connectivity index (χ1) is 9.59. The standard InChI is InChI=1S/C14H11ClN2O3/c15-11-8-16-7-6-10(11)13(18)17-12(14(19)20)9-4-2-1-3-5-9/h1-8,12H,(H,17,18)(H,19,20)/t12-/m0/s1. The fraction of sp³-hybridized carbons (Fsp3) is 0.0714. The van der Waals surface area contributed by atoms with Gasteiger partial charge in [0.2, 0.25) is 0 Å². The maximum absolute atomic E-state index is 12.1. The molecular weight excluding hydrogens is 280 g/mol. The predicted octanol–water partition coefficient (Wildman–Crippen LogP) is 2.29. The number of benzene rings is 1. The van der Waals surface area contributed by atoms with Crippen molar-refractivity contribution in [1.82, 2.24) is 10.3 Å². The molecule has 20 heavy (non-hydrogen) atoms. The molecule has 6 heteroatoms. The number of pyridine rings is 1. The van der Waals surface area contributed by atoms with Gasteiger partial charge in [-0.05, 0) is 11.6 Å². The highest BCUT2D eigenvalue weighted by atomic mass is 35.5. The van der Waals surface area contributed by atoms with Crippen molar-refractivity contribution < 1.29 is 14.7 Å². The molecule has 2 aromatic rings. The average Bonchev–Trinajstić information content (AvgIpc) is 2.45. The molecule has 1 atom stereocenters. The largest absolute Gasteiger partial charge is 0.479 e. The number of nitrogens with zero attached hydrogens (tertiary/aromatic N) is 1. The van der Waals surface area contributed by atoms with E-state index in [0.717, 1.165) is 0 Å². The lowest BCUT2D eigenvalue weighted by Crippen LogP contribution is -2.33. The lowest BCUT2D eigenvalue weighted by atomic mass is 10.1. The fourth-order valence-electron chi connectivity index (χ4n) is 1.70. The van der Waals surface area contributed by atoms with Crippen LogP contribution in [0.15, 0.2) is 48.8 Å². The first kappa shape index (κ1) is 14.0. The molecule has 5 nitrogen and oxygen atoms in total. The Bertz CT molecular complexity index is 631. The van der Waals surface area contributed by atoms with Gasteiger partial charge in [-0.2, -0.15) is 0 Å². The SMILES string of the molecule is O=C(N[C@H](C(=O)O)c1ccccc1)c1ccncc1Cl. The first-order valence-corrected chi connectivity index (χ1v) is 6.15. The third-order valence-electron chi connectivity index (χ3n) is 2.67. The Morgan fingerprint density at radius 1 is 1.20 bits per heavy atom. The van der Waals surface area contributed by atoms with Gasteiger partial charge in [-0.1, -0.05) is 41.9 Å². The Morgan fingerprint density at radius 2 is 1.90 bits per heavy atom. The van der Waals surface area contributed by atoms with Crippen molar-refractivity contribution in [3.8, 4) is 0 Å². The summed E-state index contributed by atoms with van der Waals surface area (Å²) in [5, 5.41) is 11.8. The molecule has 2 N–H and O–H groups in total. The molecule has 0 spiro atoms. The number of carboxylic acids is 1. The van der Waals surface area contributed by atoms with Gasteiger partial charge in [0.15, 0.2) is 6.04 Å². The molecule has 0 saturated carbocycles. The quantitative estimate of drug-likeness (QED) is 0.905. The Morgan fingerprint density at radius 3 is 2.50 bits per heavy atom. The number of aromatic nitrogens is 1. The summed E-state index contributed by atoms with van der Waals surface area (Å²) in [7, 11) is 0. The van der Waals surface area contributed by atoms with Crippen molar-refractivity contribution in [2.24, 2.45) is 0 Å². The van der Waals surface area contributed by atoms with E-state index in [4.69, 9.17) is 11.6 Å². The van der Waals surface area contributed by atoms with Crippen molar-refractivity contribution in [2.45, 2.75) is 6.04 Å². The van der Waals surface area contributed by atoms with Gasteiger partial charge in [-0.25, -0.2) is 4.79 Å². The second-order valence-corrected chi connectivity index (χ2v) is 4.42. The minimum Gasteiger partial charge on any atom is -0.479 e. The topological polar surface area (TPSA) is 79.3 Å². The summed E-state index contributed by atoms with van der Waals surface area (Å²) < 4.78 is 0. The van der Waals surface area contributed by atoms with E-state index in [1.165, 1.54) is 18.5 Å². The van der Waals surface area contributed by atoms with E-state index in [-0.39, 0.29) is 10.6 Å². The zero-order valence-corrected chi connectivity index (χ0v) is 11.0. The maximum atomic E-state index is 12.1. The Labute approximate surface area is 120 Å². The molecule has 0 saturated heterocycles. The summed E-state index contributed by atoms with van der Waals surface area (Å²) >= 11 is 5.86. The molecule has 1 aromatic heterocycles. The van der Waals surface area contributed by atoms with E-state index >= 15 is 0 Å². The Kier molecular flexibility index (Phi) is 4.32. The van der Waals surface area contributed by atoms with Crippen LogP contribution in [0.25, 0.3) is 0 Å². The molecule has 0 unspecified atom stereocenters. The monoisotopic (exact) mass is 290 g/mol. The van der Waals surface area contributed by atoms with E-state index in [1.807, 2.05) is 0 Å². The number of hydrogen-bond donors (Lipinski definition) is 2. The minimum absolute atomic E-state index is 0.169. The molecular formula is C14H11ClN2O3. The smallest absolute Gasteiger partial charge is 0.330 e. The van der Waals surface area contributed by atoms with Crippen LogP contribution in [0, 0.1) is 0 Å². The van der Waals surface area contributed by atoms with Gasteiger partial charge in [0, 0.05) is 12.4 Å². The summed E-state index contributed by atoms with van der Waals surface area (Å²) in [6.45, 7) is 0. The highest BCUT2D eigenvalue weighted by Gasteiger charge is 2.23. The van der Waals surface area contributed by atoms with Crippen LogP contribution in [-0.2, 0) is 4.79 Å². The molecule has 0 fully saturated rings. The van der Waals surface area contributed by atoms with E-state index in [9.17, 15) is 14.7 Å².